The number of halogens is 1. The number of carbonyl (C=O) groups is 1. The van der Waals surface area contributed by atoms with Crippen LogP contribution in [0, 0.1) is 10.5 Å². The van der Waals surface area contributed by atoms with Crippen LogP contribution in [0.15, 0.2) is 59.4 Å². The SMILES string of the molecule is Cc1c(NC(=O)c2ccc(I)cc2)c(=O)n(-c2ccccc2)n1C. The van der Waals surface area contributed by atoms with Gasteiger partial charge in [-0.3, -0.25) is 14.3 Å². The summed E-state index contributed by atoms with van der Waals surface area (Å²) in [5, 5.41) is 2.75. The molecule has 0 fully saturated rings. The lowest BCUT2D eigenvalue weighted by molar-refractivity contribution is 0.102. The monoisotopic (exact) mass is 433 g/mol. The molecule has 0 bridgehead atoms. The van der Waals surface area contributed by atoms with Gasteiger partial charge in [0, 0.05) is 16.2 Å². The molecule has 0 radical (unpaired) electrons. The zero-order valence-corrected chi connectivity index (χ0v) is 15.4. The highest BCUT2D eigenvalue weighted by atomic mass is 127. The van der Waals surface area contributed by atoms with Crippen molar-refractivity contribution in [1.82, 2.24) is 9.36 Å². The van der Waals surface area contributed by atoms with Crippen molar-refractivity contribution in [2.24, 2.45) is 7.05 Å². The average molecular weight is 433 g/mol. The maximum absolute atomic E-state index is 12.8. The zero-order chi connectivity index (χ0) is 17.3. The summed E-state index contributed by atoms with van der Waals surface area (Å²) >= 11 is 2.18. The number of aromatic nitrogens is 2. The van der Waals surface area contributed by atoms with E-state index in [1.54, 1.807) is 28.5 Å². The normalized spacial score (nSPS) is 10.6. The van der Waals surface area contributed by atoms with Gasteiger partial charge in [0.1, 0.15) is 5.69 Å². The highest BCUT2D eigenvalue weighted by Gasteiger charge is 2.18. The molecule has 1 N–H and O–H groups in total. The van der Waals surface area contributed by atoms with Gasteiger partial charge < -0.3 is 5.32 Å². The first-order valence-corrected chi connectivity index (χ1v) is 8.48. The molecule has 0 aliphatic heterocycles. The fraction of sp³-hybridized carbons (Fsp3) is 0.111. The summed E-state index contributed by atoms with van der Waals surface area (Å²) in [6.07, 6.45) is 0. The summed E-state index contributed by atoms with van der Waals surface area (Å²) in [6.45, 7) is 1.81. The van der Waals surface area contributed by atoms with Crippen molar-refractivity contribution in [2.45, 2.75) is 6.92 Å². The molecule has 0 unspecified atom stereocenters. The molecular formula is C18H16IN3O2. The molecular weight excluding hydrogens is 417 g/mol. The van der Waals surface area contributed by atoms with Gasteiger partial charge in [-0.15, -0.1) is 0 Å². The summed E-state index contributed by atoms with van der Waals surface area (Å²) in [5.41, 5.74) is 2.01. The number of nitrogens with one attached hydrogen (secondary N) is 1. The number of hydrogen-bond acceptors (Lipinski definition) is 2. The second-order valence-corrected chi connectivity index (χ2v) is 6.64. The van der Waals surface area contributed by atoms with Gasteiger partial charge in [0.25, 0.3) is 11.5 Å². The number of nitrogens with zero attached hydrogens (tertiary/aromatic N) is 2. The number of rotatable bonds is 3. The van der Waals surface area contributed by atoms with E-state index in [2.05, 4.69) is 27.9 Å². The molecule has 0 atom stereocenters. The van der Waals surface area contributed by atoms with Crippen LogP contribution >= 0.6 is 22.6 Å². The minimum atomic E-state index is -0.294. The molecule has 0 saturated carbocycles. The lowest BCUT2D eigenvalue weighted by atomic mass is 10.2. The molecule has 2 aromatic carbocycles. The molecule has 5 nitrogen and oxygen atoms in total. The molecule has 6 heteroatoms. The van der Waals surface area contributed by atoms with Gasteiger partial charge in [-0.2, -0.15) is 0 Å². The Morgan fingerprint density at radius 3 is 2.29 bits per heavy atom. The Kier molecular flexibility index (Phi) is 4.57. The maximum Gasteiger partial charge on any atom is 0.295 e. The Hall–Kier alpha value is -2.35. The van der Waals surface area contributed by atoms with E-state index < -0.39 is 0 Å². The van der Waals surface area contributed by atoms with Crippen LogP contribution in [0.4, 0.5) is 5.69 Å². The van der Waals surface area contributed by atoms with E-state index in [4.69, 9.17) is 0 Å². The van der Waals surface area contributed by atoms with E-state index in [-0.39, 0.29) is 11.5 Å². The number of carbonyl (C=O) groups excluding carboxylic acids is 1. The van der Waals surface area contributed by atoms with Crippen molar-refractivity contribution in [3.05, 3.63) is 79.8 Å². The van der Waals surface area contributed by atoms with Crippen LogP contribution < -0.4 is 10.9 Å². The van der Waals surface area contributed by atoms with Gasteiger partial charge >= 0.3 is 0 Å². The van der Waals surface area contributed by atoms with Crippen LogP contribution in [-0.4, -0.2) is 15.3 Å². The van der Waals surface area contributed by atoms with Gasteiger partial charge in [0.05, 0.1) is 11.4 Å². The van der Waals surface area contributed by atoms with Crippen LogP contribution in [0.3, 0.4) is 0 Å². The van der Waals surface area contributed by atoms with E-state index in [0.717, 1.165) is 9.26 Å². The van der Waals surface area contributed by atoms with Crippen LogP contribution in [0.25, 0.3) is 5.69 Å². The Balaban J connectivity index is 1.99. The lowest BCUT2D eigenvalue weighted by Gasteiger charge is -2.07. The molecule has 24 heavy (non-hydrogen) atoms. The first-order valence-electron chi connectivity index (χ1n) is 7.40. The summed E-state index contributed by atoms with van der Waals surface area (Å²) in [7, 11) is 1.80. The van der Waals surface area contributed by atoms with Crippen molar-refractivity contribution < 1.29 is 4.79 Å². The predicted octanol–water partition coefficient (Wildman–Crippen LogP) is 3.34. The Morgan fingerprint density at radius 2 is 1.67 bits per heavy atom. The molecule has 0 saturated heterocycles. The summed E-state index contributed by atoms with van der Waals surface area (Å²) in [4.78, 5) is 25.2. The molecule has 0 aliphatic carbocycles. The van der Waals surface area contributed by atoms with Crippen molar-refractivity contribution in [2.75, 3.05) is 5.32 Å². The molecule has 1 aromatic heterocycles. The van der Waals surface area contributed by atoms with E-state index >= 15 is 0 Å². The van der Waals surface area contributed by atoms with Crippen molar-refractivity contribution in [1.29, 1.82) is 0 Å². The Labute approximate surface area is 153 Å². The first kappa shape index (κ1) is 16.5. The van der Waals surface area contributed by atoms with Gasteiger partial charge in [0.2, 0.25) is 0 Å². The molecule has 1 heterocycles. The standard InChI is InChI=1S/C18H16IN3O2/c1-12-16(20-17(23)13-8-10-14(19)11-9-13)18(24)22(21(12)2)15-6-4-3-5-7-15/h3-11H,1-2H3,(H,20,23). The third kappa shape index (κ3) is 3.01. The van der Waals surface area contributed by atoms with Crippen molar-refractivity contribution >= 4 is 34.2 Å². The average Bonchev–Trinajstić information content (AvgIpc) is 2.80. The minimum absolute atomic E-state index is 0.250. The quantitative estimate of drug-likeness (QED) is 0.645. The van der Waals surface area contributed by atoms with Gasteiger partial charge in [-0.25, -0.2) is 4.68 Å². The third-order valence-corrected chi connectivity index (χ3v) is 4.62. The summed E-state index contributed by atoms with van der Waals surface area (Å²) < 4.78 is 4.33. The Morgan fingerprint density at radius 1 is 1.04 bits per heavy atom. The highest BCUT2D eigenvalue weighted by Crippen LogP contribution is 2.15. The van der Waals surface area contributed by atoms with E-state index in [1.165, 1.54) is 0 Å². The van der Waals surface area contributed by atoms with Gasteiger partial charge in [-0.05, 0) is 65.9 Å². The number of para-hydroxylation sites is 1. The van der Waals surface area contributed by atoms with E-state index in [1.807, 2.05) is 49.4 Å². The predicted molar refractivity (Wildman–Crippen MR) is 103 cm³/mol. The lowest BCUT2D eigenvalue weighted by Crippen LogP contribution is -2.22. The number of hydrogen-bond donors (Lipinski definition) is 1. The zero-order valence-electron chi connectivity index (χ0n) is 13.3. The fourth-order valence-corrected chi connectivity index (χ4v) is 2.86. The topological polar surface area (TPSA) is 56.0 Å². The third-order valence-electron chi connectivity index (χ3n) is 3.90. The first-order chi connectivity index (χ1) is 11.5. The maximum atomic E-state index is 12.8. The number of amides is 1. The highest BCUT2D eigenvalue weighted by molar-refractivity contribution is 14.1. The molecule has 122 valence electrons. The molecule has 3 aromatic rings. The van der Waals surface area contributed by atoms with Crippen molar-refractivity contribution in [3.63, 3.8) is 0 Å². The van der Waals surface area contributed by atoms with E-state index in [0.29, 0.717) is 16.9 Å². The molecule has 0 spiro atoms. The second kappa shape index (κ2) is 6.64. The van der Waals surface area contributed by atoms with Crippen LogP contribution in [0.1, 0.15) is 16.1 Å². The summed E-state index contributed by atoms with van der Waals surface area (Å²) in [5.74, 6) is -0.294. The van der Waals surface area contributed by atoms with Gasteiger partial charge in [0.15, 0.2) is 0 Å². The molecule has 0 aliphatic rings. The Bertz CT molecular complexity index is 941. The van der Waals surface area contributed by atoms with Crippen LogP contribution in [0.5, 0.6) is 0 Å². The van der Waals surface area contributed by atoms with Gasteiger partial charge in [-0.1, -0.05) is 18.2 Å². The number of anilines is 1. The largest absolute Gasteiger partial charge is 0.316 e. The number of benzene rings is 2. The smallest absolute Gasteiger partial charge is 0.295 e. The minimum Gasteiger partial charge on any atom is -0.316 e. The molecule has 3 rings (SSSR count). The van der Waals surface area contributed by atoms with Crippen LogP contribution in [0.2, 0.25) is 0 Å². The van der Waals surface area contributed by atoms with Crippen molar-refractivity contribution in [3.8, 4) is 5.69 Å². The fourth-order valence-electron chi connectivity index (χ4n) is 2.50. The van der Waals surface area contributed by atoms with Crippen LogP contribution in [-0.2, 0) is 7.05 Å². The second-order valence-electron chi connectivity index (χ2n) is 5.40. The molecule has 1 amide bonds. The summed E-state index contributed by atoms with van der Waals surface area (Å²) in [6, 6.07) is 16.5. The van der Waals surface area contributed by atoms with E-state index in [9.17, 15) is 9.59 Å².